The molecule has 176 valence electrons. The van der Waals surface area contributed by atoms with Gasteiger partial charge in [0.25, 0.3) is 5.91 Å². The lowest BCUT2D eigenvalue weighted by atomic mass is 9.88. The predicted octanol–water partition coefficient (Wildman–Crippen LogP) is 2.97. The second-order valence-corrected chi connectivity index (χ2v) is 9.43. The van der Waals surface area contributed by atoms with E-state index in [4.69, 9.17) is 0 Å². The highest BCUT2D eigenvalue weighted by atomic mass is 16.3. The van der Waals surface area contributed by atoms with Crippen LogP contribution in [-0.4, -0.2) is 57.0 Å². The van der Waals surface area contributed by atoms with Crippen LogP contribution in [0.3, 0.4) is 0 Å². The molecule has 2 aromatic heterocycles. The van der Waals surface area contributed by atoms with Crippen LogP contribution >= 0.6 is 0 Å². The Kier molecular flexibility index (Phi) is 5.31. The van der Waals surface area contributed by atoms with E-state index in [1.807, 2.05) is 43.1 Å². The van der Waals surface area contributed by atoms with Gasteiger partial charge in [-0.05, 0) is 69.2 Å². The Morgan fingerprint density at radius 3 is 2.79 bits per heavy atom. The van der Waals surface area contributed by atoms with Crippen molar-refractivity contribution in [3.8, 4) is 11.6 Å². The summed E-state index contributed by atoms with van der Waals surface area (Å²) in [4.78, 5) is 34.9. The van der Waals surface area contributed by atoms with Crippen LogP contribution in [0.5, 0.6) is 5.75 Å². The zero-order chi connectivity index (χ0) is 24.0. The van der Waals surface area contributed by atoms with E-state index in [1.165, 1.54) is 6.07 Å². The SMILES string of the molecule is Cc1ccc(C(=O)N2CC[C@]3(C2)c2cccn2-c2ncccc2N3CC(=O)NC(C)C)cc1O. The smallest absolute Gasteiger partial charge is 0.254 e. The molecule has 3 aromatic rings. The van der Waals surface area contributed by atoms with Crippen molar-refractivity contribution in [2.24, 2.45) is 0 Å². The minimum absolute atomic E-state index is 0.0290. The lowest BCUT2D eigenvalue weighted by Gasteiger charge is -2.46. The third-order valence-corrected chi connectivity index (χ3v) is 6.77. The van der Waals surface area contributed by atoms with Crippen LogP contribution < -0.4 is 10.2 Å². The van der Waals surface area contributed by atoms with Crippen LogP contribution in [-0.2, 0) is 10.3 Å². The predicted molar refractivity (Wildman–Crippen MR) is 129 cm³/mol. The van der Waals surface area contributed by atoms with Crippen molar-refractivity contribution in [3.63, 3.8) is 0 Å². The van der Waals surface area contributed by atoms with E-state index in [0.717, 1.165) is 22.8 Å². The van der Waals surface area contributed by atoms with Crippen molar-refractivity contribution in [2.75, 3.05) is 24.5 Å². The average Bonchev–Trinajstić information content (AvgIpc) is 3.46. The summed E-state index contributed by atoms with van der Waals surface area (Å²) in [5.41, 5.74) is 2.49. The first-order valence-electron chi connectivity index (χ1n) is 11.6. The zero-order valence-electron chi connectivity index (χ0n) is 19.7. The first kappa shape index (κ1) is 22.0. The molecule has 2 amide bonds. The molecule has 2 N–H and O–H groups in total. The topological polar surface area (TPSA) is 90.7 Å². The number of aromatic nitrogens is 2. The van der Waals surface area contributed by atoms with Gasteiger partial charge in [0.2, 0.25) is 5.91 Å². The standard InChI is InChI=1S/C26H29N5O3/c1-17(2)28-23(33)15-31-20-6-4-11-27-24(20)30-12-5-7-22(30)26(31)10-13-29(16-26)25(34)19-9-8-18(3)21(32)14-19/h4-9,11-12,14,17,32H,10,13,15-16H2,1-3H3,(H,28,33)/t26-/m0/s1. The number of phenols is 1. The fourth-order valence-electron chi connectivity index (χ4n) is 5.17. The molecule has 4 heterocycles. The Morgan fingerprint density at radius 2 is 2.03 bits per heavy atom. The molecule has 1 fully saturated rings. The molecule has 0 aliphatic carbocycles. The third-order valence-electron chi connectivity index (χ3n) is 6.77. The monoisotopic (exact) mass is 459 g/mol. The highest BCUT2D eigenvalue weighted by Crippen LogP contribution is 2.47. The maximum atomic E-state index is 13.4. The van der Waals surface area contributed by atoms with Crippen molar-refractivity contribution in [3.05, 3.63) is 71.7 Å². The van der Waals surface area contributed by atoms with Crippen LogP contribution in [0, 0.1) is 6.92 Å². The van der Waals surface area contributed by atoms with E-state index in [2.05, 4.69) is 25.8 Å². The number of nitrogens with one attached hydrogen (secondary N) is 1. The zero-order valence-corrected chi connectivity index (χ0v) is 19.7. The van der Waals surface area contributed by atoms with E-state index in [1.54, 1.807) is 25.3 Å². The van der Waals surface area contributed by atoms with Gasteiger partial charge in [-0.2, -0.15) is 0 Å². The molecule has 1 saturated heterocycles. The Balaban J connectivity index is 1.55. The summed E-state index contributed by atoms with van der Waals surface area (Å²) in [5.74, 6) is 0.684. The highest BCUT2D eigenvalue weighted by Gasteiger charge is 2.51. The molecule has 8 nitrogen and oxygen atoms in total. The van der Waals surface area contributed by atoms with Gasteiger partial charge >= 0.3 is 0 Å². The molecule has 8 heteroatoms. The Hall–Kier alpha value is -3.81. The van der Waals surface area contributed by atoms with Crippen LogP contribution in [0.4, 0.5) is 5.69 Å². The first-order chi connectivity index (χ1) is 16.3. The molecule has 1 aromatic carbocycles. The number of fused-ring (bicyclic) bond motifs is 4. The van der Waals surface area contributed by atoms with Crippen LogP contribution in [0.15, 0.2) is 54.9 Å². The summed E-state index contributed by atoms with van der Waals surface area (Å²) >= 11 is 0. The fourth-order valence-corrected chi connectivity index (χ4v) is 5.17. The second kappa shape index (κ2) is 8.20. The van der Waals surface area contributed by atoms with Crippen molar-refractivity contribution < 1.29 is 14.7 Å². The number of amides is 2. The van der Waals surface area contributed by atoms with Crippen molar-refractivity contribution in [1.82, 2.24) is 19.8 Å². The Labute approximate surface area is 198 Å². The summed E-state index contributed by atoms with van der Waals surface area (Å²) in [7, 11) is 0. The minimum Gasteiger partial charge on any atom is -0.508 e. The molecule has 0 unspecified atom stereocenters. The van der Waals surface area contributed by atoms with Crippen molar-refractivity contribution in [2.45, 2.75) is 38.8 Å². The molecule has 0 saturated carbocycles. The van der Waals surface area contributed by atoms with Gasteiger partial charge in [-0.15, -0.1) is 0 Å². The molecule has 1 spiro atoms. The van der Waals surface area contributed by atoms with Crippen molar-refractivity contribution in [1.29, 1.82) is 0 Å². The summed E-state index contributed by atoms with van der Waals surface area (Å²) in [6.07, 6.45) is 4.40. The lowest BCUT2D eigenvalue weighted by Crippen LogP contribution is -2.56. The molecule has 34 heavy (non-hydrogen) atoms. The molecule has 0 radical (unpaired) electrons. The summed E-state index contributed by atoms with van der Waals surface area (Å²) in [5, 5.41) is 13.1. The van der Waals surface area contributed by atoms with Gasteiger partial charge in [0.1, 0.15) is 11.3 Å². The molecular weight excluding hydrogens is 430 g/mol. The number of benzene rings is 1. The first-order valence-corrected chi connectivity index (χ1v) is 11.6. The van der Waals surface area contributed by atoms with Crippen LogP contribution in [0.25, 0.3) is 5.82 Å². The Morgan fingerprint density at radius 1 is 1.21 bits per heavy atom. The highest BCUT2D eigenvalue weighted by molar-refractivity contribution is 5.95. The number of carbonyl (C=O) groups excluding carboxylic acids is 2. The molecule has 2 aliphatic heterocycles. The van der Waals surface area contributed by atoms with Crippen LogP contribution in [0.1, 0.15) is 41.9 Å². The fraction of sp³-hybridized carbons (Fsp3) is 0.346. The number of aryl methyl sites for hydroxylation is 1. The van der Waals surface area contributed by atoms with Gasteiger partial charge in [0, 0.05) is 37.1 Å². The number of phenolic OH excluding ortho intramolecular Hbond substituents is 1. The number of anilines is 1. The third kappa shape index (κ3) is 3.50. The van der Waals surface area contributed by atoms with E-state index in [9.17, 15) is 14.7 Å². The Bertz CT molecular complexity index is 1270. The number of hydrogen-bond donors (Lipinski definition) is 2. The molecule has 1 atom stereocenters. The molecule has 0 bridgehead atoms. The summed E-state index contributed by atoms with van der Waals surface area (Å²) in [6, 6.07) is 13.0. The van der Waals surface area contributed by atoms with Gasteiger partial charge in [0.15, 0.2) is 5.82 Å². The van der Waals surface area contributed by atoms with E-state index in [0.29, 0.717) is 25.1 Å². The minimum atomic E-state index is -0.573. The largest absolute Gasteiger partial charge is 0.508 e. The number of hydrogen-bond acceptors (Lipinski definition) is 5. The van der Waals surface area contributed by atoms with E-state index >= 15 is 0 Å². The quantitative estimate of drug-likeness (QED) is 0.626. The number of aromatic hydroxyl groups is 1. The number of carbonyl (C=O) groups is 2. The van der Waals surface area contributed by atoms with Gasteiger partial charge < -0.3 is 24.8 Å². The summed E-state index contributed by atoms with van der Waals surface area (Å²) in [6.45, 7) is 6.81. The maximum Gasteiger partial charge on any atom is 0.254 e. The number of likely N-dealkylation sites (tertiary alicyclic amines) is 1. The van der Waals surface area contributed by atoms with Gasteiger partial charge in [0.05, 0.1) is 17.9 Å². The number of nitrogens with zero attached hydrogens (tertiary/aromatic N) is 4. The molecule has 2 aliphatic rings. The molecular formula is C26H29N5O3. The second-order valence-electron chi connectivity index (χ2n) is 9.43. The summed E-state index contributed by atoms with van der Waals surface area (Å²) < 4.78 is 2.07. The maximum absolute atomic E-state index is 13.4. The average molecular weight is 460 g/mol. The van der Waals surface area contributed by atoms with Gasteiger partial charge in [-0.25, -0.2) is 4.98 Å². The van der Waals surface area contributed by atoms with E-state index < -0.39 is 5.54 Å². The van der Waals surface area contributed by atoms with Gasteiger partial charge in [-0.3, -0.25) is 9.59 Å². The van der Waals surface area contributed by atoms with Crippen molar-refractivity contribution >= 4 is 17.5 Å². The van der Waals surface area contributed by atoms with Crippen LogP contribution in [0.2, 0.25) is 0 Å². The normalized spacial score (nSPS) is 18.8. The van der Waals surface area contributed by atoms with E-state index in [-0.39, 0.29) is 30.2 Å². The lowest BCUT2D eigenvalue weighted by molar-refractivity contribution is -0.120. The van der Waals surface area contributed by atoms with Gasteiger partial charge in [-0.1, -0.05) is 6.07 Å². The number of rotatable bonds is 4. The number of pyridine rings is 1. The molecule has 5 rings (SSSR count).